The maximum Gasteiger partial charge on any atom is 0.362 e. The van der Waals surface area contributed by atoms with Crippen LogP contribution >= 0.6 is 11.8 Å². The van der Waals surface area contributed by atoms with Gasteiger partial charge in [-0.05, 0) is 51.0 Å². The molecule has 2 aromatic rings. The van der Waals surface area contributed by atoms with Gasteiger partial charge in [0.1, 0.15) is 54.6 Å². The van der Waals surface area contributed by atoms with Crippen molar-refractivity contribution < 1.29 is 75.8 Å². The quantitative estimate of drug-likeness (QED) is 0.0140. The van der Waals surface area contributed by atoms with E-state index in [0.717, 1.165) is 31.1 Å². The van der Waals surface area contributed by atoms with Crippen molar-refractivity contribution in [2.24, 2.45) is 28.1 Å². The molecule has 1 fully saturated rings. The summed E-state index contributed by atoms with van der Waals surface area (Å²) in [5.74, 6) is -9.00. The van der Waals surface area contributed by atoms with Gasteiger partial charge in [0.2, 0.25) is 47.8 Å². The van der Waals surface area contributed by atoms with Gasteiger partial charge in [-0.1, -0.05) is 20.3 Å². The molecule has 0 bridgehead atoms. The Bertz CT molecular complexity index is 2580. The van der Waals surface area contributed by atoms with Gasteiger partial charge in [0, 0.05) is 6.54 Å². The van der Waals surface area contributed by atoms with E-state index in [4.69, 9.17) is 26.1 Å². The summed E-state index contributed by atoms with van der Waals surface area (Å²) in [6.07, 6.45) is -3.98. The number of aliphatic imine (C=N–C) groups is 1. The van der Waals surface area contributed by atoms with Crippen molar-refractivity contribution in [2.75, 3.05) is 31.7 Å². The topological polar surface area (TPSA) is 517 Å². The number of fused-ring (bicyclic) bond motifs is 1. The van der Waals surface area contributed by atoms with E-state index in [2.05, 4.69) is 57.2 Å². The molecule has 12 atom stereocenters. The third-order valence-electron chi connectivity index (χ3n) is 11.5. The van der Waals surface area contributed by atoms with Crippen LogP contribution in [0.15, 0.2) is 22.4 Å². The molecule has 33 nitrogen and oxygen atoms in total. The number of amides is 9. The summed E-state index contributed by atoms with van der Waals surface area (Å²) in [6.45, 7) is 3.58. The fourth-order valence-electron chi connectivity index (χ4n) is 7.12. The Morgan fingerprint density at radius 1 is 0.895 bits per heavy atom. The second-order valence-electron chi connectivity index (χ2n) is 17.3. The largest absolute Gasteiger partial charge is 0.391 e. The number of aliphatic hydroxyl groups excluding tert-OH is 3. The van der Waals surface area contributed by atoms with Crippen molar-refractivity contribution in [1.29, 1.82) is 0 Å². The van der Waals surface area contributed by atoms with Crippen LogP contribution in [0.1, 0.15) is 66.0 Å². The Morgan fingerprint density at radius 3 is 2.17 bits per heavy atom. The van der Waals surface area contributed by atoms with Crippen LogP contribution in [0.5, 0.6) is 0 Å². The lowest BCUT2D eigenvalue weighted by Gasteiger charge is -2.26. The van der Waals surface area contributed by atoms with Gasteiger partial charge in [-0.3, -0.25) is 61.7 Å². The van der Waals surface area contributed by atoms with E-state index in [1.807, 2.05) is 0 Å². The number of ether oxygens (including phenoxy) is 1. The molecule has 3 rings (SSSR count). The Kier molecular flexibility index (Phi) is 24.9. The minimum Gasteiger partial charge on any atom is -0.391 e. The molecule has 9 amide bonds. The normalized spacial score (nSPS) is 19.4. The minimum absolute atomic E-state index is 0.0202. The van der Waals surface area contributed by atoms with E-state index in [9.17, 15) is 71.7 Å². The molecule has 35 heteroatoms. The van der Waals surface area contributed by atoms with E-state index in [1.165, 1.54) is 18.7 Å². The Balaban J connectivity index is 1.62. The van der Waals surface area contributed by atoms with E-state index >= 15 is 0 Å². The first-order chi connectivity index (χ1) is 35.7. The third kappa shape index (κ3) is 19.0. The second-order valence-corrected chi connectivity index (χ2v) is 19.6. The average Bonchev–Trinajstić information content (AvgIpc) is 3.91. The van der Waals surface area contributed by atoms with Crippen molar-refractivity contribution in [3.05, 3.63) is 23.0 Å². The molecule has 0 saturated carbocycles. The number of aliphatic hydroxyl groups is 3. The smallest absolute Gasteiger partial charge is 0.362 e. The Labute approximate surface area is 438 Å². The predicted molar refractivity (Wildman–Crippen MR) is 266 cm³/mol. The van der Waals surface area contributed by atoms with Crippen LogP contribution in [0.25, 0.3) is 11.2 Å². The maximum absolute atomic E-state index is 13.5. The summed E-state index contributed by atoms with van der Waals surface area (Å²) in [4.78, 5) is 142. The van der Waals surface area contributed by atoms with Gasteiger partial charge in [-0.25, -0.2) is 14.7 Å². The molecule has 1 aliphatic rings. The van der Waals surface area contributed by atoms with Gasteiger partial charge in [0.05, 0.1) is 38.3 Å². The van der Waals surface area contributed by atoms with Gasteiger partial charge >= 0.3 is 10.3 Å². The number of nitrogens with zero attached hydrogens (tertiary/aromatic N) is 4. The van der Waals surface area contributed by atoms with E-state index < -0.39 is 156 Å². The molecule has 0 unspecified atom stereocenters. The summed E-state index contributed by atoms with van der Waals surface area (Å²) >= 11 is 1.40. The van der Waals surface area contributed by atoms with Crippen molar-refractivity contribution in [2.45, 2.75) is 127 Å². The van der Waals surface area contributed by atoms with E-state index in [0.29, 0.717) is 12.2 Å². The van der Waals surface area contributed by atoms with Crippen molar-refractivity contribution >= 4 is 92.9 Å². The lowest BCUT2D eigenvalue weighted by molar-refractivity contribution is -0.136. The van der Waals surface area contributed by atoms with Crippen molar-refractivity contribution in [3.8, 4) is 0 Å². The molecule has 18 N–H and O–H groups in total. The van der Waals surface area contributed by atoms with Crippen LogP contribution in [-0.4, -0.2) is 195 Å². The molecular weight excluding hydrogens is 1050 g/mol. The van der Waals surface area contributed by atoms with Gasteiger partial charge in [0.25, 0.3) is 11.5 Å². The number of hydrogen-bond donors (Lipinski definition) is 15. The molecular formula is C41H66N16O17S2. The number of carbonyl (C=O) groups excluding carboxylic acids is 9. The Morgan fingerprint density at radius 2 is 1.55 bits per heavy atom. The number of rotatable bonds is 32. The highest BCUT2D eigenvalue weighted by atomic mass is 32.2. The van der Waals surface area contributed by atoms with E-state index in [-0.39, 0.29) is 49.4 Å². The van der Waals surface area contributed by atoms with Gasteiger partial charge in [0.15, 0.2) is 23.4 Å². The highest BCUT2D eigenvalue weighted by Crippen LogP contribution is 2.31. The first kappa shape index (κ1) is 63.2. The van der Waals surface area contributed by atoms with Crippen LogP contribution in [0.3, 0.4) is 0 Å². The Hall–Kier alpha value is -7.05. The molecule has 0 aromatic carbocycles. The molecule has 3 heterocycles. The van der Waals surface area contributed by atoms with Crippen molar-refractivity contribution in [3.63, 3.8) is 0 Å². The summed E-state index contributed by atoms with van der Waals surface area (Å²) < 4.78 is 39.2. The molecule has 1 aliphatic heterocycles. The SMILES string of the molecule is CC[C@H](C)[C@H](NC(=O)[C@H](C)NC(=O)[C@H](CC(N)=O)NC(=O)CNC(=O)[C@@H](NC(=O)[C@H](CCCN=C(N)N)NC(=O)[C@H](CCSC)NC=O)[C@@H](C)O)C(=O)NS(=O)(=O)OC[C@H]1O[C@@H](n2cnc3c(=O)[nH]cnc32)[C@H](O)[C@@H]1O. The van der Waals surface area contributed by atoms with Crippen LogP contribution < -0.4 is 64.7 Å². The zero-order valence-electron chi connectivity index (χ0n) is 41.9. The fraction of sp³-hybridized carbons (Fsp3) is 0.634. The number of aromatic amines is 1. The van der Waals surface area contributed by atoms with Crippen LogP contribution in [0, 0.1) is 5.92 Å². The predicted octanol–water partition coefficient (Wildman–Crippen LogP) is -8.10. The fourth-order valence-corrected chi connectivity index (χ4v) is 8.34. The first-order valence-electron chi connectivity index (χ1n) is 23.4. The zero-order chi connectivity index (χ0) is 57.0. The third-order valence-corrected chi connectivity index (χ3v) is 13.0. The number of carbonyl (C=O) groups is 9. The molecule has 0 aliphatic carbocycles. The number of nitrogens with one attached hydrogen (secondary N) is 9. The van der Waals surface area contributed by atoms with Gasteiger partial charge < -0.3 is 79.5 Å². The lowest BCUT2D eigenvalue weighted by Crippen LogP contribution is -2.60. The average molecular weight is 1120 g/mol. The summed E-state index contributed by atoms with van der Waals surface area (Å²) in [6, 6.07) is -8.99. The number of imidazole rings is 1. The number of hydrogen-bond acceptors (Lipinski definition) is 21. The van der Waals surface area contributed by atoms with E-state index in [1.54, 1.807) is 17.9 Å². The molecule has 424 valence electrons. The van der Waals surface area contributed by atoms with Gasteiger partial charge in [-0.15, -0.1) is 0 Å². The summed E-state index contributed by atoms with van der Waals surface area (Å²) in [5, 5.41) is 47.9. The molecule has 1 saturated heterocycles. The summed E-state index contributed by atoms with van der Waals surface area (Å²) in [5.41, 5.74) is 15.3. The van der Waals surface area contributed by atoms with Crippen LogP contribution in [-0.2, 0) is 62.4 Å². The van der Waals surface area contributed by atoms with Gasteiger partial charge in [-0.2, -0.15) is 20.2 Å². The molecule has 0 spiro atoms. The molecule has 76 heavy (non-hydrogen) atoms. The monoisotopic (exact) mass is 1120 g/mol. The molecule has 0 radical (unpaired) electrons. The zero-order valence-corrected chi connectivity index (χ0v) is 43.6. The standard InChI is InChI=1S/C41H66N16O17S2/c1-6-18(2)27(39(70)56-76(71,72)73-14-24-30(62)31(63)40(74-24)57-16-49-29-32(57)47-15-48-38(29)69)54-33(64)19(3)51-36(67)23(12-25(42)60)52-26(61)13-46-37(68)28(20(4)59)55-35(66)22(8-7-10-45-41(43)44)53-34(65)21(50-17-58)9-11-75-5/h15-24,27-28,30-31,40,59,62-63H,6-14H2,1-5H3,(H2,42,60)(H,46,68)(H,50,58)(H,51,67)(H,52,61)(H,53,65)(H,54,64)(H,55,66)(H,56,70)(H4,43,44,45)(H,47,48,69)/t18-,19-,20+,21-,22-,23-,24+,27-,28-,30+,31+,40+/m0/s1. The number of guanidine groups is 1. The first-order valence-corrected chi connectivity index (χ1v) is 26.2. The van der Waals surface area contributed by atoms with Crippen LogP contribution in [0.4, 0.5) is 0 Å². The number of thioether (sulfide) groups is 1. The second kappa shape index (κ2) is 29.9. The molecule has 2 aromatic heterocycles. The lowest BCUT2D eigenvalue weighted by atomic mass is 9.98. The van der Waals surface area contributed by atoms with Crippen LogP contribution in [0.2, 0.25) is 0 Å². The number of H-pyrrole nitrogens is 1. The maximum atomic E-state index is 13.5. The number of aromatic nitrogens is 4. The highest BCUT2D eigenvalue weighted by molar-refractivity contribution is 7.98. The minimum atomic E-state index is -5.01. The highest BCUT2D eigenvalue weighted by Gasteiger charge is 2.45. The number of primary amides is 1. The number of nitrogens with two attached hydrogens (primary N) is 3. The van der Waals surface area contributed by atoms with Crippen molar-refractivity contribution in [1.82, 2.24) is 61.5 Å². The summed E-state index contributed by atoms with van der Waals surface area (Å²) in [7, 11) is -5.01.